The average molecular weight is 247 g/mol. The summed E-state index contributed by atoms with van der Waals surface area (Å²) in [5.74, 6) is -0.577. The first kappa shape index (κ1) is 12.0. The summed E-state index contributed by atoms with van der Waals surface area (Å²) in [7, 11) is 0. The first-order valence-electron chi connectivity index (χ1n) is 5.27. The van der Waals surface area contributed by atoms with E-state index in [1.807, 2.05) is 36.4 Å². The van der Waals surface area contributed by atoms with Gasteiger partial charge in [-0.3, -0.25) is 4.79 Å². The van der Waals surface area contributed by atoms with Gasteiger partial charge >= 0.3 is 5.97 Å². The van der Waals surface area contributed by atoms with E-state index >= 15 is 0 Å². The summed E-state index contributed by atoms with van der Waals surface area (Å²) in [5.41, 5.74) is 5.46. The summed E-state index contributed by atoms with van der Waals surface area (Å²) in [6.45, 7) is 0. The molecule has 1 atom stereocenters. The zero-order chi connectivity index (χ0) is 12.3. The number of aliphatic carboxylic acids is 1. The zero-order valence-electron chi connectivity index (χ0n) is 9.17. The Kier molecular flexibility index (Phi) is 3.66. The van der Waals surface area contributed by atoms with Crippen LogP contribution in [0.3, 0.4) is 0 Å². The summed E-state index contributed by atoms with van der Waals surface area (Å²) >= 11 is 1.47. The van der Waals surface area contributed by atoms with E-state index in [4.69, 9.17) is 10.8 Å². The van der Waals surface area contributed by atoms with E-state index in [0.717, 1.165) is 10.3 Å². The maximum Gasteiger partial charge on any atom is 0.321 e. The second-order valence-corrected chi connectivity index (χ2v) is 4.86. The molecule has 0 heterocycles. The smallest absolute Gasteiger partial charge is 0.321 e. The van der Waals surface area contributed by atoms with E-state index in [1.54, 1.807) is 0 Å². The Morgan fingerprint density at radius 2 is 1.94 bits per heavy atom. The van der Waals surface area contributed by atoms with E-state index in [9.17, 15) is 4.79 Å². The summed E-state index contributed by atoms with van der Waals surface area (Å²) in [5, 5.41) is 11.0. The van der Waals surface area contributed by atoms with Gasteiger partial charge in [-0.15, -0.1) is 11.8 Å². The van der Waals surface area contributed by atoms with Crippen LogP contribution in [0.25, 0.3) is 10.8 Å². The molecule has 17 heavy (non-hydrogen) atoms. The van der Waals surface area contributed by atoms with Crippen molar-refractivity contribution in [1.29, 1.82) is 0 Å². The minimum atomic E-state index is -0.960. The molecule has 4 heteroatoms. The quantitative estimate of drug-likeness (QED) is 0.814. The average Bonchev–Trinajstić information content (AvgIpc) is 2.35. The third kappa shape index (κ3) is 2.99. The molecule has 0 bridgehead atoms. The van der Waals surface area contributed by atoms with Gasteiger partial charge in [0.2, 0.25) is 0 Å². The molecule has 88 valence electrons. The fourth-order valence-corrected chi connectivity index (χ4v) is 2.40. The van der Waals surface area contributed by atoms with Crippen LogP contribution in [0.2, 0.25) is 0 Å². The molecule has 3 N–H and O–H groups in total. The van der Waals surface area contributed by atoms with Gasteiger partial charge in [-0.25, -0.2) is 0 Å². The Hall–Kier alpha value is -1.52. The molecule has 3 nitrogen and oxygen atoms in total. The van der Waals surface area contributed by atoms with Crippen molar-refractivity contribution >= 4 is 28.5 Å². The number of benzene rings is 2. The van der Waals surface area contributed by atoms with Gasteiger partial charge in [-0.05, 0) is 22.9 Å². The molecule has 0 aliphatic carbocycles. The van der Waals surface area contributed by atoms with Crippen molar-refractivity contribution in [2.24, 2.45) is 5.73 Å². The highest BCUT2D eigenvalue weighted by atomic mass is 32.2. The van der Waals surface area contributed by atoms with Crippen LogP contribution < -0.4 is 5.73 Å². The van der Waals surface area contributed by atoms with Gasteiger partial charge in [0, 0.05) is 10.6 Å². The van der Waals surface area contributed by atoms with Crippen molar-refractivity contribution in [3.63, 3.8) is 0 Å². The normalized spacial score (nSPS) is 12.5. The van der Waals surface area contributed by atoms with Gasteiger partial charge in [-0.1, -0.05) is 30.3 Å². The van der Waals surface area contributed by atoms with E-state index in [0.29, 0.717) is 5.75 Å². The number of hydrogen-bond donors (Lipinski definition) is 2. The number of rotatable bonds is 4. The van der Waals surface area contributed by atoms with Crippen LogP contribution in [0, 0.1) is 0 Å². The summed E-state index contributed by atoms with van der Waals surface area (Å²) in [6, 6.07) is 13.3. The number of thioether (sulfide) groups is 1. The molecule has 2 rings (SSSR count). The Labute approximate surface area is 104 Å². The molecule has 0 aromatic heterocycles. The first-order valence-corrected chi connectivity index (χ1v) is 6.25. The first-order chi connectivity index (χ1) is 8.16. The van der Waals surface area contributed by atoms with Crippen LogP contribution in [0.4, 0.5) is 0 Å². The van der Waals surface area contributed by atoms with Crippen LogP contribution >= 0.6 is 11.8 Å². The van der Waals surface area contributed by atoms with Crippen molar-refractivity contribution < 1.29 is 9.90 Å². The highest BCUT2D eigenvalue weighted by molar-refractivity contribution is 7.99. The van der Waals surface area contributed by atoms with Crippen LogP contribution in [-0.2, 0) is 4.79 Å². The van der Waals surface area contributed by atoms with E-state index in [2.05, 4.69) is 6.07 Å². The van der Waals surface area contributed by atoms with Crippen LogP contribution in [0.5, 0.6) is 0 Å². The monoisotopic (exact) mass is 247 g/mol. The maximum atomic E-state index is 10.6. The molecule has 0 amide bonds. The highest BCUT2D eigenvalue weighted by Gasteiger charge is 2.11. The molecule has 0 aliphatic heterocycles. The molecule has 0 saturated heterocycles. The summed E-state index contributed by atoms with van der Waals surface area (Å²) in [6.07, 6.45) is 0. The van der Waals surface area contributed by atoms with Crippen LogP contribution in [0.1, 0.15) is 0 Å². The third-order valence-corrected chi connectivity index (χ3v) is 3.58. The van der Waals surface area contributed by atoms with Gasteiger partial charge in [-0.2, -0.15) is 0 Å². The molecular weight excluding hydrogens is 234 g/mol. The summed E-state index contributed by atoms with van der Waals surface area (Å²) < 4.78 is 0. The molecule has 0 saturated carbocycles. The standard InChI is InChI=1S/C13H13NO2S/c14-12(13(15)16)8-17-11-6-5-9-3-1-2-4-10(9)7-11/h1-7,12H,8,14H2,(H,15,16). The van der Waals surface area contributed by atoms with Crippen LogP contribution in [-0.4, -0.2) is 22.9 Å². The third-order valence-electron chi connectivity index (χ3n) is 2.47. The Morgan fingerprint density at radius 1 is 1.24 bits per heavy atom. The fourth-order valence-electron chi connectivity index (χ4n) is 1.51. The van der Waals surface area contributed by atoms with Gasteiger partial charge in [0.25, 0.3) is 0 Å². The largest absolute Gasteiger partial charge is 0.480 e. The topological polar surface area (TPSA) is 63.3 Å². The lowest BCUT2D eigenvalue weighted by molar-refractivity contribution is -0.137. The molecule has 0 spiro atoms. The van der Waals surface area contributed by atoms with E-state index in [1.165, 1.54) is 17.1 Å². The minimum absolute atomic E-state index is 0.383. The zero-order valence-corrected chi connectivity index (χ0v) is 9.98. The summed E-state index contributed by atoms with van der Waals surface area (Å²) in [4.78, 5) is 11.6. The van der Waals surface area contributed by atoms with Gasteiger partial charge < -0.3 is 10.8 Å². The molecule has 1 unspecified atom stereocenters. The van der Waals surface area contributed by atoms with Gasteiger partial charge in [0.15, 0.2) is 0 Å². The second-order valence-electron chi connectivity index (χ2n) is 3.76. The number of carboxylic acids is 1. The number of fused-ring (bicyclic) bond motifs is 1. The van der Waals surface area contributed by atoms with Crippen molar-refractivity contribution in [3.05, 3.63) is 42.5 Å². The number of hydrogen-bond acceptors (Lipinski definition) is 3. The van der Waals surface area contributed by atoms with Crippen molar-refractivity contribution in [1.82, 2.24) is 0 Å². The second kappa shape index (κ2) is 5.21. The van der Waals surface area contributed by atoms with Crippen molar-refractivity contribution in [3.8, 4) is 0 Å². The van der Waals surface area contributed by atoms with E-state index in [-0.39, 0.29) is 0 Å². The van der Waals surface area contributed by atoms with Gasteiger partial charge in [0.05, 0.1) is 0 Å². The lowest BCUT2D eigenvalue weighted by Gasteiger charge is -2.06. The molecular formula is C13H13NO2S. The molecule has 0 aliphatic rings. The lowest BCUT2D eigenvalue weighted by atomic mass is 10.1. The molecule has 0 radical (unpaired) electrons. The predicted octanol–water partition coefficient (Wildman–Crippen LogP) is 2.34. The minimum Gasteiger partial charge on any atom is -0.480 e. The highest BCUT2D eigenvalue weighted by Crippen LogP contribution is 2.23. The maximum absolute atomic E-state index is 10.6. The van der Waals surface area contributed by atoms with Crippen LogP contribution in [0.15, 0.2) is 47.4 Å². The lowest BCUT2D eigenvalue weighted by Crippen LogP contribution is -2.32. The SMILES string of the molecule is NC(CSc1ccc2ccccc2c1)C(=O)O. The molecule has 2 aromatic rings. The van der Waals surface area contributed by atoms with Crippen molar-refractivity contribution in [2.75, 3.05) is 5.75 Å². The number of nitrogens with two attached hydrogens (primary N) is 1. The van der Waals surface area contributed by atoms with Gasteiger partial charge in [0.1, 0.15) is 6.04 Å². The number of carboxylic acid groups (broad SMARTS) is 1. The molecule has 0 fully saturated rings. The number of carbonyl (C=O) groups is 1. The fraction of sp³-hybridized carbons (Fsp3) is 0.154. The van der Waals surface area contributed by atoms with E-state index < -0.39 is 12.0 Å². The van der Waals surface area contributed by atoms with Crippen molar-refractivity contribution in [2.45, 2.75) is 10.9 Å². The Morgan fingerprint density at radius 3 is 2.65 bits per heavy atom. The Balaban J connectivity index is 2.12. The Bertz CT molecular complexity index is 542. The predicted molar refractivity (Wildman–Crippen MR) is 70.3 cm³/mol. The molecule has 2 aromatic carbocycles.